The lowest BCUT2D eigenvalue weighted by Gasteiger charge is -2.17. The van der Waals surface area contributed by atoms with E-state index in [2.05, 4.69) is 26.1 Å². The van der Waals surface area contributed by atoms with Crippen LogP contribution in [0.2, 0.25) is 0 Å². The van der Waals surface area contributed by atoms with Crippen molar-refractivity contribution in [3.63, 3.8) is 0 Å². The summed E-state index contributed by atoms with van der Waals surface area (Å²) in [5, 5.41) is 14.1. The number of hydrogen-bond donors (Lipinski definition) is 1. The summed E-state index contributed by atoms with van der Waals surface area (Å²) in [5.74, 6) is 0. The lowest BCUT2D eigenvalue weighted by molar-refractivity contribution is -0.384. The number of rotatable bonds is 6. The van der Waals surface area contributed by atoms with Crippen LogP contribution in [0.1, 0.15) is 13.3 Å². The van der Waals surface area contributed by atoms with Gasteiger partial charge in [0.15, 0.2) is 0 Å². The highest BCUT2D eigenvalue weighted by atomic mass is 79.9. The number of halogens is 1. The predicted molar refractivity (Wildman–Crippen MR) is 77.1 cm³/mol. The minimum Gasteiger partial charge on any atom is -0.377 e. The van der Waals surface area contributed by atoms with Crippen LogP contribution in [-0.2, 0) is 0 Å². The molecule has 0 aliphatic carbocycles. The molecule has 0 bridgehead atoms. The zero-order valence-corrected chi connectivity index (χ0v) is 12.4. The SMILES string of the molecule is CC(CCN(C)C)Nc1cc(Br)ccc1[N+](=O)[O-]. The van der Waals surface area contributed by atoms with E-state index in [1.54, 1.807) is 12.1 Å². The number of anilines is 1. The van der Waals surface area contributed by atoms with Crippen molar-refractivity contribution in [2.45, 2.75) is 19.4 Å². The molecule has 0 aliphatic heterocycles. The van der Waals surface area contributed by atoms with Crippen molar-refractivity contribution in [3.05, 3.63) is 32.8 Å². The van der Waals surface area contributed by atoms with Gasteiger partial charge in [0.2, 0.25) is 0 Å². The Hall–Kier alpha value is -1.14. The maximum absolute atomic E-state index is 10.9. The Balaban J connectivity index is 2.76. The lowest BCUT2D eigenvalue weighted by atomic mass is 10.2. The van der Waals surface area contributed by atoms with Crippen LogP contribution in [0.4, 0.5) is 11.4 Å². The van der Waals surface area contributed by atoms with Crippen LogP contribution < -0.4 is 5.32 Å². The highest BCUT2D eigenvalue weighted by Crippen LogP contribution is 2.28. The monoisotopic (exact) mass is 315 g/mol. The smallest absolute Gasteiger partial charge is 0.292 e. The van der Waals surface area contributed by atoms with Gasteiger partial charge in [-0.05, 0) is 46.1 Å². The Morgan fingerprint density at radius 3 is 2.72 bits per heavy atom. The standard InChI is InChI=1S/C12H18BrN3O2/c1-9(6-7-15(2)3)14-11-8-10(13)4-5-12(11)16(17)18/h4-5,8-9,14H,6-7H2,1-3H3. The molecule has 100 valence electrons. The third-order valence-corrected chi connectivity index (χ3v) is 3.06. The van der Waals surface area contributed by atoms with Crippen LogP contribution in [0.15, 0.2) is 22.7 Å². The Morgan fingerprint density at radius 2 is 2.17 bits per heavy atom. The summed E-state index contributed by atoms with van der Waals surface area (Å²) in [6, 6.07) is 5.10. The normalized spacial score (nSPS) is 12.5. The van der Waals surface area contributed by atoms with E-state index in [4.69, 9.17) is 0 Å². The maximum Gasteiger partial charge on any atom is 0.292 e. The van der Waals surface area contributed by atoms with E-state index in [0.717, 1.165) is 17.4 Å². The minimum absolute atomic E-state index is 0.106. The van der Waals surface area contributed by atoms with Crippen molar-refractivity contribution >= 4 is 27.3 Å². The number of nitro groups is 1. The number of benzene rings is 1. The Labute approximate surface area is 115 Å². The van der Waals surface area contributed by atoms with Crippen LogP contribution in [0, 0.1) is 10.1 Å². The van der Waals surface area contributed by atoms with Crippen LogP contribution >= 0.6 is 15.9 Å². The topological polar surface area (TPSA) is 58.4 Å². The second-order valence-electron chi connectivity index (χ2n) is 4.56. The van der Waals surface area contributed by atoms with Gasteiger partial charge in [0.25, 0.3) is 5.69 Å². The number of nitrogens with one attached hydrogen (secondary N) is 1. The Morgan fingerprint density at radius 1 is 1.50 bits per heavy atom. The molecule has 0 amide bonds. The van der Waals surface area contributed by atoms with Crippen molar-refractivity contribution in [3.8, 4) is 0 Å². The van der Waals surface area contributed by atoms with Gasteiger partial charge in [0.1, 0.15) is 5.69 Å². The van der Waals surface area contributed by atoms with Crippen LogP contribution in [-0.4, -0.2) is 36.5 Å². The molecule has 0 saturated carbocycles. The number of nitrogens with zero attached hydrogens (tertiary/aromatic N) is 2. The second-order valence-corrected chi connectivity index (χ2v) is 5.47. The van der Waals surface area contributed by atoms with Crippen molar-refractivity contribution < 1.29 is 4.92 Å². The molecule has 5 nitrogen and oxygen atoms in total. The summed E-state index contributed by atoms with van der Waals surface area (Å²) in [7, 11) is 4.02. The molecule has 1 unspecified atom stereocenters. The highest BCUT2D eigenvalue weighted by molar-refractivity contribution is 9.10. The zero-order valence-electron chi connectivity index (χ0n) is 10.8. The van der Waals surface area contributed by atoms with Gasteiger partial charge in [-0.1, -0.05) is 15.9 Å². The fourth-order valence-corrected chi connectivity index (χ4v) is 1.93. The fraction of sp³-hybridized carbons (Fsp3) is 0.500. The molecular formula is C12H18BrN3O2. The molecule has 1 rings (SSSR count). The first-order valence-corrected chi connectivity index (χ1v) is 6.54. The van der Waals surface area contributed by atoms with Crippen molar-refractivity contribution in [1.82, 2.24) is 4.90 Å². The van der Waals surface area contributed by atoms with Crippen LogP contribution in [0.3, 0.4) is 0 Å². The predicted octanol–water partition coefficient (Wildman–Crippen LogP) is 3.11. The van der Waals surface area contributed by atoms with Gasteiger partial charge in [-0.3, -0.25) is 10.1 Å². The van der Waals surface area contributed by atoms with Crippen LogP contribution in [0.5, 0.6) is 0 Å². The van der Waals surface area contributed by atoms with Crippen molar-refractivity contribution in [2.75, 3.05) is 26.0 Å². The van der Waals surface area contributed by atoms with Gasteiger partial charge in [-0.25, -0.2) is 0 Å². The maximum atomic E-state index is 10.9. The fourth-order valence-electron chi connectivity index (χ4n) is 1.57. The second kappa shape index (κ2) is 6.70. The number of nitro benzene ring substituents is 1. The van der Waals surface area contributed by atoms with E-state index >= 15 is 0 Å². The highest BCUT2D eigenvalue weighted by Gasteiger charge is 2.15. The molecule has 0 aliphatic rings. The molecule has 0 spiro atoms. The summed E-state index contributed by atoms with van der Waals surface area (Å²) in [4.78, 5) is 12.6. The Kier molecular flexibility index (Phi) is 5.55. The molecule has 6 heteroatoms. The molecule has 0 aromatic heterocycles. The molecule has 1 N–H and O–H groups in total. The van der Waals surface area contributed by atoms with Gasteiger partial charge < -0.3 is 10.2 Å². The first-order valence-electron chi connectivity index (χ1n) is 5.75. The number of hydrogen-bond acceptors (Lipinski definition) is 4. The van der Waals surface area contributed by atoms with Gasteiger partial charge in [0.05, 0.1) is 4.92 Å². The summed E-state index contributed by atoms with van der Waals surface area (Å²) in [6.45, 7) is 2.96. The average molecular weight is 316 g/mol. The van der Waals surface area contributed by atoms with Gasteiger partial charge in [0, 0.05) is 16.6 Å². The summed E-state index contributed by atoms with van der Waals surface area (Å²) >= 11 is 3.33. The molecule has 1 aromatic carbocycles. The molecule has 0 saturated heterocycles. The third-order valence-electron chi connectivity index (χ3n) is 2.57. The van der Waals surface area contributed by atoms with Gasteiger partial charge in [-0.15, -0.1) is 0 Å². The average Bonchev–Trinajstić information content (AvgIpc) is 2.26. The van der Waals surface area contributed by atoms with E-state index in [1.807, 2.05) is 21.0 Å². The van der Waals surface area contributed by atoms with Gasteiger partial charge in [-0.2, -0.15) is 0 Å². The van der Waals surface area contributed by atoms with Crippen LogP contribution in [0.25, 0.3) is 0 Å². The van der Waals surface area contributed by atoms with E-state index in [1.165, 1.54) is 6.07 Å². The molecule has 1 atom stereocenters. The Bertz CT molecular complexity index is 424. The van der Waals surface area contributed by atoms with E-state index in [9.17, 15) is 10.1 Å². The molecule has 0 heterocycles. The summed E-state index contributed by atoms with van der Waals surface area (Å²) in [5.41, 5.74) is 0.663. The molecule has 0 fully saturated rings. The first-order chi connectivity index (χ1) is 8.40. The third kappa shape index (κ3) is 4.62. The summed E-state index contributed by atoms with van der Waals surface area (Å²) < 4.78 is 0.829. The lowest BCUT2D eigenvalue weighted by Crippen LogP contribution is -2.23. The van der Waals surface area contributed by atoms with Gasteiger partial charge >= 0.3 is 0 Å². The van der Waals surface area contributed by atoms with Crippen molar-refractivity contribution in [2.24, 2.45) is 0 Å². The largest absolute Gasteiger partial charge is 0.377 e. The van der Waals surface area contributed by atoms with E-state index < -0.39 is 0 Å². The quantitative estimate of drug-likeness (QED) is 0.647. The van der Waals surface area contributed by atoms with E-state index in [-0.39, 0.29) is 16.7 Å². The molecule has 0 radical (unpaired) electrons. The summed E-state index contributed by atoms with van der Waals surface area (Å²) in [6.07, 6.45) is 0.927. The zero-order chi connectivity index (χ0) is 13.7. The minimum atomic E-state index is -0.368. The molecular weight excluding hydrogens is 298 g/mol. The van der Waals surface area contributed by atoms with Crippen molar-refractivity contribution in [1.29, 1.82) is 0 Å². The molecule has 18 heavy (non-hydrogen) atoms. The molecule has 1 aromatic rings. The first kappa shape index (κ1) is 14.9. The van der Waals surface area contributed by atoms with E-state index in [0.29, 0.717) is 5.69 Å².